The topological polar surface area (TPSA) is 79.6 Å². The van der Waals surface area contributed by atoms with Crippen LogP contribution in [0.5, 0.6) is 0 Å². The number of nitrogens with one attached hydrogen (secondary N) is 2. The molecule has 0 saturated carbocycles. The van der Waals surface area contributed by atoms with E-state index in [2.05, 4.69) is 20.5 Å². The fraction of sp³-hybridized carbons (Fsp3) is 0.273. The first-order chi connectivity index (χ1) is 7.75. The molecule has 2 rings (SSSR count). The Morgan fingerprint density at radius 2 is 2.25 bits per heavy atom. The number of nitrogens with zero attached hydrogens (tertiary/aromatic N) is 2. The minimum absolute atomic E-state index is 0.103. The van der Waals surface area contributed by atoms with E-state index in [9.17, 15) is 0 Å². The van der Waals surface area contributed by atoms with Crippen LogP contribution >= 0.6 is 0 Å². The lowest BCUT2D eigenvalue weighted by atomic mass is 10.2. The highest BCUT2D eigenvalue weighted by molar-refractivity contribution is 5.58. The molecule has 4 N–H and O–H groups in total. The maximum atomic E-state index is 5.63. The van der Waals surface area contributed by atoms with Gasteiger partial charge in [-0.15, -0.1) is 10.2 Å². The SMILES string of the molecule is CC(N)CNc1ccc(-c2cc[nH]c2)nn1. The second-order valence-corrected chi connectivity index (χ2v) is 3.76. The second-order valence-electron chi connectivity index (χ2n) is 3.76. The van der Waals surface area contributed by atoms with Crippen molar-refractivity contribution in [2.24, 2.45) is 5.73 Å². The van der Waals surface area contributed by atoms with E-state index in [-0.39, 0.29) is 6.04 Å². The Hall–Kier alpha value is -1.88. The van der Waals surface area contributed by atoms with E-state index >= 15 is 0 Å². The number of nitrogens with two attached hydrogens (primary N) is 1. The van der Waals surface area contributed by atoms with E-state index in [4.69, 9.17) is 5.73 Å². The molecule has 0 bridgehead atoms. The Balaban J connectivity index is 2.05. The second kappa shape index (κ2) is 4.76. The Morgan fingerprint density at radius 1 is 1.38 bits per heavy atom. The van der Waals surface area contributed by atoms with Crippen LogP contribution in [0.2, 0.25) is 0 Å². The van der Waals surface area contributed by atoms with Crippen molar-refractivity contribution in [2.75, 3.05) is 11.9 Å². The van der Waals surface area contributed by atoms with Crippen molar-refractivity contribution in [1.82, 2.24) is 15.2 Å². The smallest absolute Gasteiger partial charge is 0.148 e. The van der Waals surface area contributed by atoms with E-state index in [1.807, 2.05) is 37.5 Å². The summed E-state index contributed by atoms with van der Waals surface area (Å²) in [5, 5.41) is 11.3. The monoisotopic (exact) mass is 217 g/mol. The fourth-order valence-electron chi connectivity index (χ4n) is 1.33. The maximum absolute atomic E-state index is 5.63. The van der Waals surface area contributed by atoms with Gasteiger partial charge in [0, 0.05) is 30.5 Å². The number of H-pyrrole nitrogens is 1. The molecule has 2 aromatic rings. The molecule has 0 amide bonds. The highest BCUT2D eigenvalue weighted by Crippen LogP contribution is 2.15. The summed E-state index contributed by atoms with van der Waals surface area (Å²) in [5.74, 6) is 0.747. The van der Waals surface area contributed by atoms with Gasteiger partial charge in [-0.3, -0.25) is 0 Å². The van der Waals surface area contributed by atoms with Crippen molar-refractivity contribution in [3.63, 3.8) is 0 Å². The molecule has 0 aromatic carbocycles. The Morgan fingerprint density at radius 3 is 2.81 bits per heavy atom. The van der Waals surface area contributed by atoms with Crippen molar-refractivity contribution < 1.29 is 0 Å². The number of aromatic nitrogens is 3. The van der Waals surface area contributed by atoms with Crippen LogP contribution in [0.15, 0.2) is 30.6 Å². The lowest BCUT2D eigenvalue weighted by Gasteiger charge is -2.07. The van der Waals surface area contributed by atoms with Crippen molar-refractivity contribution in [3.05, 3.63) is 30.6 Å². The molecule has 5 heteroatoms. The average molecular weight is 217 g/mol. The molecule has 0 fully saturated rings. The lowest BCUT2D eigenvalue weighted by Crippen LogP contribution is -2.25. The first-order valence-corrected chi connectivity index (χ1v) is 5.22. The maximum Gasteiger partial charge on any atom is 0.148 e. The minimum Gasteiger partial charge on any atom is -0.367 e. The largest absolute Gasteiger partial charge is 0.367 e. The zero-order chi connectivity index (χ0) is 11.4. The molecular formula is C11H15N5. The molecule has 0 aliphatic carbocycles. The summed E-state index contributed by atoms with van der Waals surface area (Å²) < 4.78 is 0. The van der Waals surface area contributed by atoms with Gasteiger partial charge in [0.2, 0.25) is 0 Å². The van der Waals surface area contributed by atoms with Gasteiger partial charge in [0.15, 0.2) is 0 Å². The third-order valence-electron chi connectivity index (χ3n) is 2.16. The van der Waals surface area contributed by atoms with Crippen molar-refractivity contribution in [3.8, 4) is 11.3 Å². The van der Waals surface area contributed by atoms with Gasteiger partial charge < -0.3 is 16.0 Å². The molecule has 1 atom stereocenters. The molecule has 5 nitrogen and oxygen atoms in total. The van der Waals surface area contributed by atoms with Crippen LogP contribution in [0.3, 0.4) is 0 Å². The summed E-state index contributed by atoms with van der Waals surface area (Å²) in [7, 11) is 0. The van der Waals surface area contributed by atoms with Crippen molar-refractivity contribution in [1.29, 1.82) is 0 Å². The molecule has 2 heterocycles. The molecule has 0 aliphatic rings. The Bertz CT molecular complexity index is 418. The molecule has 2 aromatic heterocycles. The highest BCUT2D eigenvalue weighted by Gasteiger charge is 2.01. The zero-order valence-corrected chi connectivity index (χ0v) is 9.14. The van der Waals surface area contributed by atoms with E-state index in [0.29, 0.717) is 6.54 Å². The van der Waals surface area contributed by atoms with Crippen LogP contribution in [0, 0.1) is 0 Å². The van der Waals surface area contributed by atoms with Crippen molar-refractivity contribution >= 4 is 5.82 Å². The first-order valence-electron chi connectivity index (χ1n) is 5.22. The van der Waals surface area contributed by atoms with Crippen LogP contribution in [0.1, 0.15) is 6.92 Å². The molecule has 84 valence electrons. The Labute approximate surface area is 94.1 Å². The minimum atomic E-state index is 0.103. The van der Waals surface area contributed by atoms with E-state index in [1.165, 1.54) is 0 Å². The number of rotatable bonds is 4. The van der Waals surface area contributed by atoms with Crippen LogP contribution in [-0.4, -0.2) is 27.8 Å². The van der Waals surface area contributed by atoms with Gasteiger partial charge in [-0.2, -0.15) is 0 Å². The highest BCUT2D eigenvalue weighted by atomic mass is 15.2. The van der Waals surface area contributed by atoms with Gasteiger partial charge in [-0.1, -0.05) is 0 Å². The summed E-state index contributed by atoms with van der Waals surface area (Å²) in [4.78, 5) is 2.98. The number of anilines is 1. The molecule has 0 aliphatic heterocycles. The van der Waals surface area contributed by atoms with Gasteiger partial charge in [0.1, 0.15) is 5.82 Å². The standard InChI is InChI=1S/C11H15N5/c1-8(12)6-14-11-3-2-10(15-16-11)9-4-5-13-7-9/h2-5,7-8,13H,6,12H2,1H3,(H,14,16). The van der Waals surface area contributed by atoms with Crippen molar-refractivity contribution in [2.45, 2.75) is 13.0 Å². The first kappa shape index (κ1) is 10.6. The predicted octanol–water partition coefficient (Wildman–Crippen LogP) is 1.23. The molecule has 1 unspecified atom stereocenters. The van der Waals surface area contributed by atoms with E-state index in [1.54, 1.807) is 0 Å². The van der Waals surface area contributed by atoms with Gasteiger partial charge in [-0.25, -0.2) is 0 Å². The van der Waals surface area contributed by atoms with E-state index < -0.39 is 0 Å². The van der Waals surface area contributed by atoms with Gasteiger partial charge in [0.25, 0.3) is 0 Å². The quantitative estimate of drug-likeness (QED) is 0.719. The third kappa shape index (κ3) is 2.58. The normalized spacial score (nSPS) is 12.4. The molecule has 0 saturated heterocycles. The molecular weight excluding hydrogens is 202 g/mol. The van der Waals surface area contributed by atoms with Crippen LogP contribution < -0.4 is 11.1 Å². The number of hydrogen-bond acceptors (Lipinski definition) is 4. The van der Waals surface area contributed by atoms with Crippen LogP contribution in [0.4, 0.5) is 5.82 Å². The van der Waals surface area contributed by atoms with Crippen LogP contribution in [-0.2, 0) is 0 Å². The number of aromatic amines is 1. The molecule has 0 radical (unpaired) electrons. The summed E-state index contributed by atoms with van der Waals surface area (Å²) in [6.07, 6.45) is 3.75. The summed E-state index contributed by atoms with van der Waals surface area (Å²) in [5.41, 5.74) is 7.52. The summed E-state index contributed by atoms with van der Waals surface area (Å²) >= 11 is 0. The van der Waals surface area contributed by atoms with E-state index in [0.717, 1.165) is 17.1 Å². The third-order valence-corrected chi connectivity index (χ3v) is 2.16. The van der Waals surface area contributed by atoms with Crippen LogP contribution in [0.25, 0.3) is 11.3 Å². The fourth-order valence-corrected chi connectivity index (χ4v) is 1.33. The number of hydrogen-bond donors (Lipinski definition) is 3. The van der Waals surface area contributed by atoms with Gasteiger partial charge in [-0.05, 0) is 25.1 Å². The summed E-state index contributed by atoms with van der Waals surface area (Å²) in [6, 6.07) is 5.89. The van der Waals surface area contributed by atoms with Gasteiger partial charge in [0.05, 0.1) is 5.69 Å². The Kier molecular flexibility index (Phi) is 3.16. The molecule has 16 heavy (non-hydrogen) atoms. The average Bonchev–Trinajstić information content (AvgIpc) is 2.80. The lowest BCUT2D eigenvalue weighted by molar-refractivity contribution is 0.775. The van der Waals surface area contributed by atoms with Gasteiger partial charge >= 0.3 is 0 Å². The summed E-state index contributed by atoms with van der Waals surface area (Å²) in [6.45, 7) is 2.63. The zero-order valence-electron chi connectivity index (χ0n) is 9.14. The molecule has 0 spiro atoms. The predicted molar refractivity (Wildman–Crippen MR) is 64.0 cm³/mol.